The Morgan fingerprint density at radius 2 is 2.12 bits per heavy atom. The Morgan fingerprint density at radius 1 is 1.50 bits per heavy atom. The molecule has 0 aromatic heterocycles. The number of rotatable bonds is 4. The predicted molar refractivity (Wildman–Crippen MR) is 55.7 cm³/mol. The van der Waals surface area contributed by atoms with Crippen molar-refractivity contribution < 1.29 is 18.7 Å². The van der Waals surface area contributed by atoms with Crippen LogP contribution in [0.3, 0.4) is 0 Å². The van der Waals surface area contributed by atoms with E-state index in [1.807, 2.05) is 0 Å². The molecule has 3 nitrogen and oxygen atoms in total. The molecule has 0 heterocycles. The number of benzene rings is 1. The molecule has 1 unspecified atom stereocenters. The summed E-state index contributed by atoms with van der Waals surface area (Å²) >= 11 is 5.76. The molecule has 0 fully saturated rings. The highest BCUT2D eigenvalue weighted by atomic mass is 35.5. The molecule has 0 aliphatic heterocycles. The summed E-state index contributed by atoms with van der Waals surface area (Å²) in [6.07, 6.45) is -2.69. The van der Waals surface area contributed by atoms with Gasteiger partial charge in [0.1, 0.15) is 6.04 Å². The van der Waals surface area contributed by atoms with Crippen LogP contribution in [0.2, 0.25) is 5.02 Å². The Hall–Kier alpha value is -1.20. The van der Waals surface area contributed by atoms with Crippen LogP contribution < -0.4 is 5.73 Å². The zero-order valence-electron chi connectivity index (χ0n) is 8.16. The minimum atomic E-state index is -2.61. The molecular weight excluding hydrogens is 240 g/mol. The molecule has 16 heavy (non-hydrogen) atoms. The fourth-order valence-corrected chi connectivity index (χ4v) is 1.41. The lowest BCUT2D eigenvalue weighted by Gasteiger charge is -2.10. The third-order valence-electron chi connectivity index (χ3n) is 2.08. The highest BCUT2D eigenvalue weighted by molar-refractivity contribution is 6.31. The molecule has 0 aliphatic rings. The lowest BCUT2D eigenvalue weighted by atomic mass is 10.0. The molecule has 6 heteroatoms. The van der Waals surface area contributed by atoms with E-state index in [2.05, 4.69) is 0 Å². The van der Waals surface area contributed by atoms with Crippen LogP contribution in [0, 0.1) is 0 Å². The molecule has 1 atom stereocenters. The summed E-state index contributed by atoms with van der Waals surface area (Å²) in [4.78, 5) is 10.5. The van der Waals surface area contributed by atoms with E-state index in [4.69, 9.17) is 22.4 Å². The molecule has 1 aromatic rings. The van der Waals surface area contributed by atoms with Gasteiger partial charge in [-0.25, -0.2) is 8.78 Å². The topological polar surface area (TPSA) is 63.3 Å². The molecular formula is C10H10ClF2NO2. The van der Waals surface area contributed by atoms with Gasteiger partial charge in [-0.2, -0.15) is 0 Å². The lowest BCUT2D eigenvalue weighted by molar-refractivity contribution is -0.138. The monoisotopic (exact) mass is 249 g/mol. The van der Waals surface area contributed by atoms with E-state index in [1.54, 1.807) is 0 Å². The number of halogens is 3. The first-order valence-corrected chi connectivity index (χ1v) is 4.84. The third kappa shape index (κ3) is 3.15. The summed E-state index contributed by atoms with van der Waals surface area (Å²) in [5.41, 5.74) is 5.41. The average Bonchev–Trinajstić information content (AvgIpc) is 2.20. The number of hydrogen-bond acceptors (Lipinski definition) is 2. The largest absolute Gasteiger partial charge is 0.480 e. The molecule has 0 bridgehead atoms. The van der Waals surface area contributed by atoms with Crippen LogP contribution in [0.25, 0.3) is 0 Å². The third-order valence-corrected chi connectivity index (χ3v) is 2.45. The Balaban J connectivity index is 2.94. The Morgan fingerprint density at radius 3 is 2.62 bits per heavy atom. The molecule has 0 aliphatic carbocycles. The van der Waals surface area contributed by atoms with Gasteiger partial charge in [0.25, 0.3) is 6.43 Å². The zero-order valence-corrected chi connectivity index (χ0v) is 8.92. The molecule has 1 aromatic carbocycles. The van der Waals surface area contributed by atoms with Gasteiger partial charge in [0.2, 0.25) is 0 Å². The van der Waals surface area contributed by atoms with Crippen molar-refractivity contribution in [2.24, 2.45) is 5.73 Å². The summed E-state index contributed by atoms with van der Waals surface area (Å²) in [7, 11) is 0. The number of nitrogens with two attached hydrogens (primary N) is 1. The predicted octanol–water partition coefficient (Wildman–Crippen LogP) is 2.23. The number of carboxylic acids is 1. The number of aliphatic carboxylic acids is 1. The summed E-state index contributed by atoms with van der Waals surface area (Å²) < 4.78 is 24.8. The molecule has 0 saturated carbocycles. The van der Waals surface area contributed by atoms with Gasteiger partial charge in [0, 0.05) is 10.6 Å². The second-order valence-corrected chi connectivity index (χ2v) is 3.71. The van der Waals surface area contributed by atoms with Crippen LogP contribution in [-0.2, 0) is 11.2 Å². The van der Waals surface area contributed by atoms with Crippen molar-refractivity contribution in [3.8, 4) is 0 Å². The maximum absolute atomic E-state index is 12.4. The SMILES string of the molecule is NC(Cc1cc(C(F)F)ccc1Cl)C(=O)O. The van der Waals surface area contributed by atoms with Crippen molar-refractivity contribution in [1.82, 2.24) is 0 Å². The van der Waals surface area contributed by atoms with E-state index in [0.717, 1.165) is 0 Å². The summed E-state index contributed by atoms with van der Waals surface area (Å²) in [5, 5.41) is 8.83. The number of carbonyl (C=O) groups is 1. The van der Waals surface area contributed by atoms with Gasteiger partial charge in [-0.3, -0.25) is 4.79 Å². The van der Waals surface area contributed by atoms with Crippen molar-refractivity contribution in [2.75, 3.05) is 0 Å². The second kappa shape index (κ2) is 5.23. The van der Waals surface area contributed by atoms with Gasteiger partial charge in [-0.1, -0.05) is 17.7 Å². The van der Waals surface area contributed by atoms with E-state index in [1.165, 1.54) is 18.2 Å². The lowest BCUT2D eigenvalue weighted by Crippen LogP contribution is -2.32. The van der Waals surface area contributed by atoms with Crippen LogP contribution in [0.4, 0.5) is 8.78 Å². The van der Waals surface area contributed by atoms with Crippen molar-refractivity contribution in [2.45, 2.75) is 18.9 Å². The van der Waals surface area contributed by atoms with Gasteiger partial charge in [0.15, 0.2) is 0 Å². The Labute approximate surface area is 95.8 Å². The first kappa shape index (κ1) is 12.9. The van der Waals surface area contributed by atoms with Gasteiger partial charge >= 0.3 is 5.97 Å². The fourth-order valence-electron chi connectivity index (χ4n) is 1.21. The van der Waals surface area contributed by atoms with Crippen LogP contribution >= 0.6 is 11.6 Å². The highest BCUT2D eigenvalue weighted by Crippen LogP contribution is 2.25. The second-order valence-electron chi connectivity index (χ2n) is 3.30. The van der Waals surface area contributed by atoms with Crippen LogP contribution in [-0.4, -0.2) is 17.1 Å². The van der Waals surface area contributed by atoms with Gasteiger partial charge in [0.05, 0.1) is 0 Å². The van der Waals surface area contributed by atoms with Gasteiger partial charge in [-0.15, -0.1) is 0 Å². The standard InChI is InChI=1S/C10H10ClF2NO2/c11-7-2-1-5(9(12)13)3-6(7)4-8(14)10(15)16/h1-3,8-9H,4,14H2,(H,15,16). The average molecular weight is 250 g/mol. The maximum Gasteiger partial charge on any atom is 0.320 e. The van der Waals surface area contributed by atoms with E-state index in [0.29, 0.717) is 5.56 Å². The molecule has 1 rings (SSSR count). The smallest absolute Gasteiger partial charge is 0.320 e. The van der Waals surface area contributed by atoms with E-state index in [-0.39, 0.29) is 17.0 Å². The van der Waals surface area contributed by atoms with Crippen LogP contribution in [0.1, 0.15) is 17.6 Å². The molecule has 88 valence electrons. The minimum absolute atomic E-state index is 0.0747. The zero-order chi connectivity index (χ0) is 12.3. The maximum atomic E-state index is 12.4. The summed E-state index contributed by atoms with van der Waals surface area (Å²) in [6.45, 7) is 0. The van der Waals surface area contributed by atoms with Gasteiger partial charge in [-0.05, 0) is 24.1 Å². The van der Waals surface area contributed by atoms with Crippen molar-refractivity contribution in [1.29, 1.82) is 0 Å². The van der Waals surface area contributed by atoms with Gasteiger partial charge < -0.3 is 10.8 Å². The minimum Gasteiger partial charge on any atom is -0.480 e. The quantitative estimate of drug-likeness (QED) is 0.860. The van der Waals surface area contributed by atoms with Crippen molar-refractivity contribution >= 4 is 17.6 Å². The number of alkyl halides is 2. The summed E-state index contributed by atoms with van der Waals surface area (Å²) in [6, 6.07) is 2.54. The van der Waals surface area contributed by atoms with Crippen LogP contribution in [0.5, 0.6) is 0 Å². The number of hydrogen-bond donors (Lipinski definition) is 2. The van der Waals surface area contributed by atoms with E-state index in [9.17, 15) is 13.6 Å². The number of carboxylic acid groups (broad SMARTS) is 1. The van der Waals surface area contributed by atoms with Crippen LogP contribution in [0.15, 0.2) is 18.2 Å². The Bertz CT molecular complexity index is 398. The van der Waals surface area contributed by atoms with Crippen molar-refractivity contribution in [3.63, 3.8) is 0 Å². The first-order valence-electron chi connectivity index (χ1n) is 4.46. The first-order chi connectivity index (χ1) is 7.41. The fraction of sp³-hybridized carbons (Fsp3) is 0.300. The van der Waals surface area contributed by atoms with Crippen molar-refractivity contribution in [3.05, 3.63) is 34.3 Å². The van der Waals surface area contributed by atoms with E-state index < -0.39 is 18.4 Å². The Kier molecular flexibility index (Phi) is 4.20. The molecule has 0 spiro atoms. The normalized spacial score (nSPS) is 12.8. The summed E-state index contributed by atoms with van der Waals surface area (Å²) in [5.74, 6) is -1.20. The molecule has 0 saturated heterocycles. The molecule has 0 amide bonds. The highest BCUT2D eigenvalue weighted by Gasteiger charge is 2.16. The van der Waals surface area contributed by atoms with E-state index >= 15 is 0 Å². The molecule has 3 N–H and O–H groups in total. The molecule has 0 radical (unpaired) electrons.